The van der Waals surface area contributed by atoms with Gasteiger partial charge in [0, 0.05) is 16.5 Å². The molecule has 1 fully saturated rings. The number of esters is 1. The number of imide groups is 1. The van der Waals surface area contributed by atoms with Gasteiger partial charge in [-0.2, -0.15) is 13.2 Å². The van der Waals surface area contributed by atoms with E-state index in [0.717, 1.165) is 50.8 Å². The highest BCUT2D eigenvalue weighted by Gasteiger charge is 2.56. The van der Waals surface area contributed by atoms with Gasteiger partial charge in [-0.3, -0.25) is 23.7 Å². The van der Waals surface area contributed by atoms with Crippen molar-refractivity contribution < 1.29 is 42.2 Å². The summed E-state index contributed by atoms with van der Waals surface area (Å²) in [4.78, 5) is 67.3. The van der Waals surface area contributed by atoms with Crippen molar-refractivity contribution in [2.24, 2.45) is 5.92 Å². The lowest BCUT2D eigenvalue weighted by atomic mass is 9.83. The maximum atomic E-state index is 14.0. The number of carbonyl (C=O) groups is 4. The molecule has 10 nitrogen and oxygen atoms in total. The van der Waals surface area contributed by atoms with E-state index in [0.29, 0.717) is 10.4 Å². The number of thioether (sulfide) groups is 1. The zero-order valence-corrected chi connectivity index (χ0v) is 25.9. The first-order valence-corrected chi connectivity index (χ1v) is 15.9. The zero-order chi connectivity index (χ0) is 33.6. The molecule has 3 atom stereocenters. The second-order valence-corrected chi connectivity index (χ2v) is 12.8. The number of carbonyl (C=O) groups excluding carboxylic acids is 4. The Bertz CT molecular complexity index is 1960. The van der Waals surface area contributed by atoms with Crippen LogP contribution in [-0.2, 0) is 31.8 Å². The third-order valence-corrected chi connectivity index (χ3v) is 10.3. The Kier molecular flexibility index (Phi) is 8.44. The van der Waals surface area contributed by atoms with Crippen molar-refractivity contribution in [3.05, 3.63) is 104 Å². The number of nitrogens with zero attached hydrogens (tertiary/aromatic N) is 2. The molecule has 1 saturated heterocycles. The van der Waals surface area contributed by atoms with Gasteiger partial charge in [0.2, 0.25) is 17.7 Å². The number of rotatable bonds is 7. The molecular formula is C32H24F3N3O7S2. The van der Waals surface area contributed by atoms with E-state index in [2.05, 4.69) is 5.32 Å². The lowest BCUT2D eigenvalue weighted by molar-refractivity contribution is -0.137. The van der Waals surface area contributed by atoms with Crippen molar-refractivity contribution in [3.63, 3.8) is 0 Å². The van der Waals surface area contributed by atoms with Crippen LogP contribution in [0.4, 0.5) is 24.5 Å². The average Bonchev–Trinajstić information content (AvgIpc) is 3.47. The molecule has 0 aliphatic carbocycles. The van der Waals surface area contributed by atoms with Crippen LogP contribution in [0.3, 0.4) is 0 Å². The summed E-state index contributed by atoms with van der Waals surface area (Å²) in [5.74, 6) is -4.23. The lowest BCUT2D eigenvalue weighted by Crippen LogP contribution is -2.33. The Labute approximate surface area is 272 Å². The van der Waals surface area contributed by atoms with Gasteiger partial charge in [0.15, 0.2) is 0 Å². The third kappa shape index (κ3) is 6.03. The van der Waals surface area contributed by atoms with Crippen LogP contribution in [0.1, 0.15) is 39.2 Å². The van der Waals surface area contributed by atoms with Gasteiger partial charge in [-0.1, -0.05) is 41.3 Å². The molecule has 6 rings (SSSR count). The summed E-state index contributed by atoms with van der Waals surface area (Å²) in [6, 6.07) is 15.9. The molecule has 2 aliphatic heterocycles. The highest BCUT2D eigenvalue weighted by atomic mass is 32.2. The number of phenols is 1. The van der Waals surface area contributed by atoms with E-state index in [1.807, 2.05) is 0 Å². The fraction of sp³-hybridized carbons (Fsp3) is 0.219. The third-order valence-electron chi connectivity index (χ3n) is 7.71. The number of anilines is 2. The average molecular weight is 684 g/mol. The first kappa shape index (κ1) is 32.1. The summed E-state index contributed by atoms with van der Waals surface area (Å²) in [5.41, 5.74) is -0.0605. The summed E-state index contributed by atoms with van der Waals surface area (Å²) >= 11 is 1.76. The molecule has 4 aromatic rings. The molecule has 3 amide bonds. The van der Waals surface area contributed by atoms with Gasteiger partial charge in [0.25, 0.3) is 0 Å². The number of aromatic nitrogens is 1. The zero-order valence-electron chi connectivity index (χ0n) is 24.3. The number of phenolic OH excluding ortho intramolecular Hbond substituents is 1. The molecule has 0 saturated carbocycles. The second kappa shape index (κ2) is 12.4. The molecule has 1 aromatic heterocycles. The first-order chi connectivity index (χ1) is 22.4. The Morgan fingerprint density at radius 3 is 2.34 bits per heavy atom. The Hall–Kier alpha value is -4.89. The molecule has 3 heterocycles. The van der Waals surface area contributed by atoms with Crippen LogP contribution in [0.15, 0.2) is 82.6 Å². The van der Waals surface area contributed by atoms with Gasteiger partial charge in [-0.05, 0) is 67.1 Å². The van der Waals surface area contributed by atoms with Crippen molar-refractivity contribution in [2.75, 3.05) is 16.8 Å². The van der Waals surface area contributed by atoms with E-state index < -0.39 is 63.9 Å². The van der Waals surface area contributed by atoms with E-state index in [1.165, 1.54) is 42.5 Å². The van der Waals surface area contributed by atoms with Crippen molar-refractivity contribution in [2.45, 2.75) is 35.8 Å². The highest BCUT2D eigenvalue weighted by molar-refractivity contribution is 8.00. The molecule has 242 valence electrons. The van der Waals surface area contributed by atoms with Crippen molar-refractivity contribution >= 4 is 58.2 Å². The van der Waals surface area contributed by atoms with E-state index in [9.17, 15) is 42.3 Å². The molecule has 15 heteroatoms. The molecule has 3 aromatic carbocycles. The van der Waals surface area contributed by atoms with Gasteiger partial charge in [0.05, 0.1) is 34.4 Å². The molecule has 0 bridgehead atoms. The molecule has 2 unspecified atom stereocenters. The number of benzene rings is 3. The fourth-order valence-electron chi connectivity index (χ4n) is 5.63. The van der Waals surface area contributed by atoms with Crippen LogP contribution in [0, 0.1) is 5.92 Å². The summed E-state index contributed by atoms with van der Waals surface area (Å²) in [7, 11) is 0. The second-order valence-electron chi connectivity index (χ2n) is 10.7. The number of ether oxygens (including phenoxy) is 1. The Morgan fingerprint density at radius 1 is 0.979 bits per heavy atom. The number of fused-ring (bicyclic) bond motifs is 2. The number of aromatic hydroxyl groups is 1. The minimum atomic E-state index is -4.62. The highest BCUT2D eigenvalue weighted by Crippen LogP contribution is 2.54. The lowest BCUT2D eigenvalue weighted by Gasteiger charge is -2.30. The minimum Gasteiger partial charge on any atom is -0.508 e. The predicted molar refractivity (Wildman–Crippen MR) is 167 cm³/mol. The van der Waals surface area contributed by atoms with Gasteiger partial charge >= 0.3 is 17.0 Å². The first-order valence-electron chi connectivity index (χ1n) is 14.2. The Morgan fingerprint density at radius 2 is 1.68 bits per heavy atom. The van der Waals surface area contributed by atoms with Crippen LogP contribution in [0.5, 0.6) is 5.75 Å². The smallest absolute Gasteiger partial charge is 0.416 e. The fourth-order valence-corrected chi connectivity index (χ4v) is 8.40. The van der Waals surface area contributed by atoms with E-state index in [4.69, 9.17) is 4.74 Å². The maximum Gasteiger partial charge on any atom is 0.416 e. The van der Waals surface area contributed by atoms with E-state index in [-0.39, 0.29) is 34.3 Å². The quantitative estimate of drug-likeness (QED) is 0.200. The summed E-state index contributed by atoms with van der Waals surface area (Å²) in [5, 5.41) is 11.6. The normalized spacial score (nSPS) is 18.9. The van der Waals surface area contributed by atoms with E-state index in [1.54, 1.807) is 19.1 Å². The number of alkyl halides is 3. The minimum absolute atomic E-state index is 0.0372. The summed E-state index contributed by atoms with van der Waals surface area (Å²) in [6.45, 7) is 1.28. The number of hydrogen-bond donors (Lipinski definition) is 2. The topological polar surface area (TPSA) is 135 Å². The van der Waals surface area contributed by atoms with Crippen LogP contribution in [0.25, 0.3) is 0 Å². The number of thiazole rings is 1. The van der Waals surface area contributed by atoms with Crippen molar-refractivity contribution in [1.29, 1.82) is 0 Å². The van der Waals surface area contributed by atoms with Crippen molar-refractivity contribution in [1.82, 2.24) is 4.57 Å². The molecule has 0 spiro atoms. The number of hydrogen-bond acceptors (Lipinski definition) is 9. The summed E-state index contributed by atoms with van der Waals surface area (Å²) in [6.07, 6.45) is -4.62. The van der Waals surface area contributed by atoms with Crippen LogP contribution in [-0.4, -0.2) is 45.2 Å². The van der Waals surface area contributed by atoms with Crippen LogP contribution in [0.2, 0.25) is 0 Å². The standard InChI is InChI=1S/C32H24F3N3O7S2/c1-2-45-30(43)17-6-10-20(11-7-17)38-27(41)24-23(16-8-12-21(39)13-9-16)26-29(46-25(24)28(38)42)37(31(44)47-26)15-22(40)36-19-5-3-4-18(14-19)32(33,34)35/h3-14,23-25,39H,2,15H2,1H3,(H,36,40)/t23-,24?,25?/m0/s1. The number of halogens is 3. The largest absolute Gasteiger partial charge is 0.508 e. The van der Waals surface area contributed by atoms with Gasteiger partial charge in [-0.25, -0.2) is 9.69 Å². The van der Waals surface area contributed by atoms with Gasteiger partial charge in [0.1, 0.15) is 17.5 Å². The van der Waals surface area contributed by atoms with Crippen molar-refractivity contribution in [3.8, 4) is 5.75 Å². The molecule has 2 aliphatic rings. The molecular weight excluding hydrogens is 659 g/mol. The molecule has 0 radical (unpaired) electrons. The SMILES string of the molecule is CCOC(=O)c1ccc(N2C(=O)C3Sc4c(sc(=O)n4CC(=O)Nc4cccc(C(F)(F)F)c4)[C@@H](c4ccc(O)cc4)C3C2=O)cc1. The van der Waals surface area contributed by atoms with Gasteiger partial charge < -0.3 is 15.2 Å². The monoisotopic (exact) mass is 683 g/mol. The predicted octanol–water partition coefficient (Wildman–Crippen LogP) is 5.25. The Balaban J connectivity index is 1.35. The van der Waals surface area contributed by atoms with Crippen LogP contribution < -0.4 is 15.1 Å². The summed E-state index contributed by atoms with van der Waals surface area (Å²) < 4.78 is 45.7. The molecule has 47 heavy (non-hydrogen) atoms. The number of amides is 3. The van der Waals surface area contributed by atoms with E-state index >= 15 is 0 Å². The molecule has 2 N–H and O–H groups in total. The maximum absolute atomic E-state index is 14.0. The number of nitrogens with one attached hydrogen (secondary N) is 1. The van der Waals surface area contributed by atoms with Crippen LogP contribution >= 0.6 is 23.1 Å². The van der Waals surface area contributed by atoms with Gasteiger partial charge in [-0.15, -0.1) is 0 Å².